The molecule has 6 nitrogen and oxygen atoms in total. The normalized spacial score (nSPS) is 26.4. The Morgan fingerprint density at radius 2 is 1.47 bits per heavy atom. The number of benzene rings is 2. The molecule has 3 aliphatic rings. The summed E-state index contributed by atoms with van der Waals surface area (Å²) in [6.07, 6.45) is 4.76. The molecule has 2 aliphatic carbocycles. The zero-order valence-electron chi connectivity index (χ0n) is 17.4. The monoisotopic (exact) mass is 448 g/mol. The van der Waals surface area contributed by atoms with E-state index < -0.39 is 35.6 Å². The van der Waals surface area contributed by atoms with Gasteiger partial charge in [0.15, 0.2) is 5.78 Å². The molecule has 1 heterocycles. The molecule has 32 heavy (non-hydrogen) atoms. The number of halogens is 1. The fourth-order valence-electron chi connectivity index (χ4n) is 5.22. The molecule has 1 saturated heterocycles. The van der Waals surface area contributed by atoms with Crippen molar-refractivity contribution in [2.24, 2.45) is 23.7 Å². The summed E-state index contributed by atoms with van der Waals surface area (Å²) in [5, 5.41) is 2.43. The Morgan fingerprint density at radius 1 is 0.906 bits per heavy atom. The van der Waals surface area contributed by atoms with E-state index in [0.717, 1.165) is 16.4 Å². The lowest BCUT2D eigenvalue weighted by Gasteiger charge is -2.35. The number of nitrogens with zero attached hydrogens (tertiary/aromatic N) is 2. The molecule has 2 bridgehead atoms. The first-order chi connectivity index (χ1) is 15.4. The summed E-state index contributed by atoms with van der Waals surface area (Å²) in [6.45, 7) is 1.55. The smallest absolute Gasteiger partial charge is 0.273 e. The molecule has 5 rings (SSSR count). The zero-order valence-corrected chi connectivity index (χ0v) is 18.1. The minimum atomic E-state index is -1.06. The van der Waals surface area contributed by atoms with E-state index in [1.54, 1.807) is 49.4 Å². The number of carbonyl (C=O) groups excluding carboxylic acids is 4. The second kappa shape index (κ2) is 7.71. The lowest BCUT2D eigenvalue weighted by atomic mass is 9.85. The number of hydrazine groups is 1. The Bertz CT molecular complexity index is 1110. The first-order valence-corrected chi connectivity index (χ1v) is 11.0. The van der Waals surface area contributed by atoms with Crippen molar-refractivity contribution >= 4 is 35.1 Å². The summed E-state index contributed by atoms with van der Waals surface area (Å²) in [5.41, 5.74) is 0.635. The summed E-state index contributed by atoms with van der Waals surface area (Å²) >= 11 is 5.96. The molecule has 2 aromatic carbocycles. The fraction of sp³-hybridized carbons (Fsp3) is 0.280. The van der Waals surface area contributed by atoms with Crippen molar-refractivity contribution in [1.82, 2.24) is 10.0 Å². The van der Waals surface area contributed by atoms with Gasteiger partial charge >= 0.3 is 0 Å². The maximum Gasteiger partial charge on any atom is 0.273 e. The quantitative estimate of drug-likeness (QED) is 0.396. The number of rotatable bonds is 5. The molecule has 2 fully saturated rings. The molecular weight excluding hydrogens is 428 g/mol. The second-order valence-electron chi connectivity index (χ2n) is 8.55. The highest BCUT2D eigenvalue weighted by Gasteiger charge is 2.61. The Morgan fingerprint density at radius 3 is 2.03 bits per heavy atom. The first-order valence-electron chi connectivity index (χ1n) is 10.6. The lowest BCUT2D eigenvalue weighted by molar-refractivity contribution is -0.157. The molecule has 162 valence electrons. The Hall–Kier alpha value is -3.25. The van der Waals surface area contributed by atoms with Crippen LogP contribution < -0.4 is 0 Å². The van der Waals surface area contributed by atoms with Gasteiger partial charge in [-0.1, -0.05) is 54.1 Å². The van der Waals surface area contributed by atoms with Crippen molar-refractivity contribution in [2.45, 2.75) is 19.4 Å². The third-order valence-corrected chi connectivity index (χ3v) is 7.02. The van der Waals surface area contributed by atoms with Crippen molar-refractivity contribution in [3.05, 3.63) is 82.9 Å². The number of hydrogen-bond acceptors (Lipinski definition) is 4. The van der Waals surface area contributed by atoms with Crippen molar-refractivity contribution < 1.29 is 19.2 Å². The van der Waals surface area contributed by atoms with Gasteiger partial charge in [0.2, 0.25) is 0 Å². The van der Waals surface area contributed by atoms with Gasteiger partial charge in [-0.2, -0.15) is 5.01 Å². The molecule has 7 heteroatoms. The topological polar surface area (TPSA) is 74.8 Å². The van der Waals surface area contributed by atoms with Crippen molar-refractivity contribution in [1.29, 1.82) is 0 Å². The molecule has 0 radical (unpaired) electrons. The van der Waals surface area contributed by atoms with Crippen molar-refractivity contribution in [2.75, 3.05) is 0 Å². The number of allylic oxidation sites excluding steroid dienone is 2. The number of ketones is 1. The van der Waals surface area contributed by atoms with E-state index in [1.165, 1.54) is 12.1 Å². The maximum absolute atomic E-state index is 13.6. The van der Waals surface area contributed by atoms with Crippen LogP contribution in [0.15, 0.2) is 66.7 Å². The molecule has 1 aliphatic heterocycles. The molecule has 0 unspecified atom stereocenters. The zero-order chi connectivity index (χ0) is 22.6. The minimum Gasteiger partial charge on any atom is -0.292 e. The largest absolute Gasteiger partial charge is 0.292 e. The Kier molecular flexibility index (Phi) is 4.97. The van der Waals surface area contributed by atoms with Crippen molar-refractivity contribution in [3.63, 3.8) is 0 Å². The third kappa shape index (κ3) is 3.09. The third-order valence-electron chi connectivity index (χ3n) is 6.77. The highest BCUT2D eigenvalue weighted by atomic mass is 35.5. The standard InChI is InChI=1S/C25H21ClN2O4/c1-14(22(29)15-5-3-2-4-6-15)27(23(30)16-9-11-19(26)12-10-16)28-24(31)20-17-7-8-18(13-17)21(20)25(28)32/h2-12,14,17-18,20-21H,13H2,1H3/t14-,17+,18+,20-,21-/m1/s1. The van der Waals surface area contributed by atoms with E-state index in [4.69, 9.17) is 11.6 Å². The van der Waals surface area contributed by atoms with Crippen LogP contribution in [0.3, 0.4) is 0 Å². The van der Waals surface area contributed by atoms with Gasteiger partial charge < -0.3 is 0 Å². The Balaban J connectivity index is 1.55. The molecule has 5 atom stereocenters. The van der Waals surface area contributed by atoms with E-state index in [0.29, 0.717) is 10.6 Å². The molecule has 0 aromatic heterocycles. The summed E-state index contributed by atoms with van der Waals surface area (Å²) in [7, 11) is 0. The first kappa shape index (κ1) is 20.6. The van der Waals surface area contributed by atoms with E-state index in [1.807, 2.05) is 12.2 Å². The van der Waals surface area contributed by atoms with Gasteiger partial charge in [-0.3, -0.25) is 19.2 Å². The SMILES string of the molecule is C[C@H](C(=O)c1ccccc1)N(C(=O)c1ccc(Cl)cc1)N1C(=O)[C@H]2[C@H](C1=O)[C@H]1C=C[C@H]2C1. The second-order valence-corrected chi connectivity index (χ2v) is 8.99. The van der Waals surface area contributed by atoms with Gasteiger partial charge in [-0.25, -0.2) is 5.01 Å². The molecule has 0 N–H and O–H groups in total. The van der Waals surface area contributed by atoms with E-state index in [2.05, 4.69) is 0 Å². The van der Waals surface area contributed by atoms with Crippen LogP contribution in [0.5, 0.6) is 0 Å². The van der Waals surface area contributed by atoms with Crippen LogP contribution in [0, 0.1) is 23.7 Å². The van der Waals surface area contributed by atoms with E-state index in [-0.39, 0.29) is 23.2 Å². The average Bonchev–Trinajstić information content (AvgIpc) is 3.49. The molecule has 0 spiro atoms. The number of fused-ring (bicyclic) bond motifs is 5. The fourth-order valence-corrected chi connectivity index (χ4v) is 5.34. The molecule has 1 saturated carbocycles. The number of amides is 3. The van der Waals surface area contributed by atoms with Gasteiger partial charge in [-0.05, 0) is 49.4 Å². The van der Waals surface area contributed by atoms with Crippen molar-refractivity contribution in [3.8, 4) is 0 Å². The number of hydrogen-bond donors (Lipinski definition) is 0. The van der Waals surface area contributed by atoms with Crippen LogP contribution >= 0.6 is 11.6 Å². The van der Waals surface area contributed by atoms with Crippen LogP contribution in [-0.2, 0) is 9.59 Å². The number of carbonyl (C=O) groups is 4. The van der Waals surface area contributed by atoms with Crippen LogP contribution in [-0.4, -0.2) is 39.6 Å². The molecule has 3 amide bonds. The number of imide groups is 1. The van der Waals surface area contributed by atoms with Gasteiger partial charge in [-0.15, -0.1) is 0 Å². The van der Waals surface area contributed by atoms with Crippen LogP contribution in [0.25, 0.3) is 0 Å². The maximum atomic E-state index is 13.6. The summed E-state index contributed by atoms with van der Waals surface area (Å²) in [5.74, 6) is -2.72. The van der Waals surface area contributed by atoms with E-state index in [9.17, 15) is 19.2 Å². The summed E-state index contributed by atoms with van der Waals surface area (Å²) in [6, 6.07) is 13.6. The average molecular weight is 449 g/mol. The highest BCUT2D eigenvalue weighted by molar-refractivity contribution is 6.30. The van der Waals surface area contributed by atoms with Gasteiger partial charge in [0.05, 0.1) is 11.8 Å². The lowest BCUT2D eigenvalue weighted by Crippen LogP contribution is -2.56. The van der Waals surface area contributed by atoms with Crippen LogP contribution in [0.1, 0.15) is 34.1 Å². The van der Waals surface area contributed by atoms with E-state index >= 15 is 0 Å². The Labute approximate surface area is 190 Å². The highest BCUT2D eigenvalue weighted by Crippen LogP contribution is 2.53. The predicted molar refractivity (Wildman–Crippen MR) is 117 cm³/mol. The molecular formula is C25H21ClN2O4. The van der Waals surface area contributed by atoms with Crippen LogP contribution in [0.4, 0.5) is 0 Å². The van der Waals surface area contributed by atoms with Gasteiger partial charge in [0, 0.05) is 16.1 Å². The molecule has 2 aromatic rings. The van der Waals surface area contributed by atoms with Gasteiger partial charge in [0.1, 0.15) is 6.04 Å². The van der Waals surface area contributed by atoms with Gasteiger partial charge in [0.25, 0.3) is 17.7 Å². The summed E-state index contributed by atoms with van der Waals surface area (Å²) < 4.78 is 0. The number of Topliss-reactive ketones (excluding diaryl/α,β-unsaturated/α-hetero) is 1. The van der Waals surface area contributed by atoms with Crippen LogP contribution in [0.2, 0.25) is 5.02 Å². The predicted octanol–water partition coefficient (Wildman–Crippen LogP) is 3.78. The minimum absolute atomic E-state index is 0.000866. The summed E-state index contributed by atoms with van der Waals surface area (Å²) in [4.78, 5) is 53.7.